The summed E-state index contributed by atoms with van der Waals surface area (Å²) in [7, 11) is 0. The van der Waals surface area contributed by atoms with E-state index in [1.807, 2.05) is 0 Å². The molecule has 0 N–H and O–H groups in total. The van der Waals surface area contributed by atoms with Gasteiger partial charge in [-0.3, -0.25) is 0 Å². The first-order chi connectivity index (χ1) is 26.8. The van der Waals surface area contributed by atoms with Crippen LogP contribution in [-0.2, 0) is 10.8 Å². The number of hydrogen-bond donors (Lipinski definition) is 0. The van der Waals surface area contributed by atoms with Gasteiger partial charge >= 0.3 is 0 Å². The van der Waals surface area contributed by atoms with Crippen LogP contribution in [-0.4, -0.2) is 0 Å². The summed E-state index contributed by atoms with van der Waals surface area (Å²) in [6, 6.07) is 67.8. The predicted octanol–water partition coefficient (Wildman–Crippen LogP) is 14.3. The van der Waals surface area contributed by atoms with Crippen LogP contribution < -0.4 is 9.80 Å². The van der Waals surface area contributed by atoms with Gasteiger partial charge in [-0.2, -0.15) is 0 Å². The highest BCUT2D eigenvalue weighted by Crippen LogP contribution is 2.60. The summed E-state index contributed by atoms with van der Waals surface area (Å²) < 4.78 is 0. The quantitative estimate of drug-likeness (QED) is 0.156. The Morgan fingerprint density at radius 2 is 0.722 bits per heavy atom. The lowest BCUT2D eigenvalue weighted by atomic mass is 9.73. The number of nitrogens with zero attached hydrogens (tertiary/aromatic N) is 2. The van der Waals surface area contributed by atoms with Crippen LogP contribution in [0.4, 0.5) is 34.1 Å². The molecule has 0 bridgehead atoms. The second kappa shape index (κ2) is 13.5. The predicted molar refractivity (Wildman–Crippen MR) is 226 cm³/mol. The maximum atomic E-state index is 2.53. The molecule has 0 saturated heterocycles. The molecule has 264 valence electrons. The van der Waals surface area contributed by atoms with Crippen LogP contribution >= 0.6 is 0 Å². The standard InChI is InChI=1S/C52H46N2/c1-4-17-41(18-5-1)53(42-19-6-2-7-20-42)44-31-27-39(28-32-44)51(35-12-13-36-51)40-29-33-45(34-30-40)54(43-21-8-3-9-22-43)49-26-16-24-47-46-23-10-11-25-48(46)52(50(47)49)37-14-15-38-52/h1-11,16-34H,12-15,35-38H2. The molecule has 3 aliphatic carbocycles. The number of rotatable bonds is 8. The summed E-state index contributed by atoms with van der Waals surface area (Å²) in [6.07, 6.45) is 9.82. The molecule has 2 nitrogen and oxygen atoms in total. The van der Waals surface area contributed by atoms with Crippen molar-refractivity contribution in [1.82, 2.24) is 0 Å². The van der Waals surface area contributed by atoms with Crippen LogP contribution in [0.1, 0.15) is 73.6 Å². The zero-order valence-electron chi connectivity index (χ0n) is 30.9. The Morgan fingerprint density at radius 3 is 1.26 bits per heavy atom. The van der Waals surface area contributed by atoms with Crippen LogP contribution in [0.5, 0.6) is 0 Å². The fourth-order valence-electron chi connectivity index (χ4n) is 10.4. The van der Waals surface area contributed by atoms with Crippen molar-refractivity contribution in [3.63, 3.8) is 0 Å². The maximum Gasteiger partial charge on any atom is 0.0508 e. The number of hydrogen-bond acceptors (Lipinski definition) is 2. The molecule has 0 atom stereocenters. The first kappa shape index (κ1) is 32.8. The monoisotopic (exact) mass is 698 g/mol. The minimum absolute atomic E-state index is 0.00248. The molecule has 0 amide bonds. The summed E-state index contributed by atoms with van der Waals surface area (Å²) in [5, 5.41) is 0. The van der Waals surface area contributed by atoms with Crippen molar-refractivity contribution in [3.8, 4) is 11.1 Å². The van der Waals surface area contributed by atoms with Gasteiger partial charge in [-0.1, -0.05) is 141 Å². The van der Waals surface area contributed by atoms with Gasteiger partial charge in [-0.25, -0.2) is 0 Å². The minimum Gasteiger partial charge on any atom is -0.311 e. The highest BCUT2D eigenvalue weighted by atomic mass is 15.1. The van der Waals surface area contributed by atoms with Gasteiger partial charge in [0.25, 0.3) is 0 Å². The van der Waals surface area contributed by atoms with Gasteiger partial charge in [0.05, 0.1) is 5.69 Å². The lowest BCUT2D eigenvalue weighted by Crippen LogP contribution is -2.25. The molecule has 0 radical (unpaired) electrons. The lowest BCUT2D eigenvalue weighted by Gasteiger charge is -2.35. The van der Waals surface area contributed by atoms with Crippen molar-refractivity contribution in [3.05, 3.63) is 204 Å². The zero-order valence-corrected chi connectivity index (χ0v) is 30.9. The van der Waals surface area contributed by atoms with Crippen LogP contribution in [0.3, 0.4) is 0 Å². The molecule has 0 aromatic heterocycles. The third kappa shape index (κ3) is 5.30. The molecule has 2 saturated carbocycles. The van der Waals surface area contributed by atoms with E-state index in [-0.39, 0.29) is 10.8 Å². The Kier molecular flexibility index (Phi) is 8.21. The first-order valence-corrected chi connectivity index (χ1v) is 20.0. The summed E-state index contributed by atoms with van der Waals surface area (Å²) in [5.74, 6) is 0. The molecular formula is C52H46N2. The smallest absolute Gasteiger partial charge is 0.0508 e. The van der Waals surface area contributed by atoms with Crippen molar-refractivity contribution in [2.24, 2.45) is 0 Å². The lowest BCUT2D eigenvalue weighted by molar-refractivity contribution is 0.535. The van der Waals surface area contributed by atoms with E-state index in [1.165, 1.54) is 107 Å². The van der Waals surface area contributed by atoms with E-state index in [2.05, 4.69) is 192 Å². The summed E-state index contributed by atoms with van der Waals surface area (Å²) >= 11 is 0. The zero-order chi connectivity index (χ0) is 36.0. The number of para-hydroxylation sites is 3. The van der Waals surface area contributed by atoms with E-state index in [0.29, 0.717) is 0 Å². The second-order valence-electron chi connectivity index (χ2n) is 15.6. The molecule has 10 rings (SSSR count). The molecule has 2 heteroatoms. The largest absolute Gasteiger partial charge is 0.311 e. The SMILES string of the molecule is c1ccc(N(c2ccccc2)c2ccc(C3(c4ccc(N(c5ccccc5)c5cccc6c5C5(CCCC5)c5ccccc5-6)cc4)CCCC3)cc2)cc1. The molecule has 1 spiro atoms. The van der Waals surface area contributed by atoms with Gasteiger partial charge < -0.3 is 9.80 Å². The Balaban J connectivity index is 1.04. The topological polar surface area (TPSA) is 6.48 Å². The van der Waals surface area contributed by atoms with E-state index in [1.54, 1.807) is 0 Å². The van der Waals surface area contributed by atoms with Crippen LogP contribution in [0.25, 0.3) is 11.1 Å². The van der Waals surface area contributed by atoms with Crippen molar-refractivity contribution in [1.29, 1.82) is 0 Å². The van der Waals surface area contributed by atoms with Crippen LogP contribution in [0.15, 0.2) is 182 Å². The second-order valence-corrected chi connectivity index (χ2v) is 15.6. The Labute approximate surface area is 320 Å². The fraction of sp³-hybridized carbons (Fsp3) is 0.192. The van der Waals surface area contributed by atoms with Crippen molar-refractivity contribution < 1.29 is 0 Å². The van der Waals surface area contributed by atoms with Gasteiger partial charge in [-0.05, 0) is 126 Å². The molecule has 7 aromatic carbocycles. The molecule has 7 aromatic rings. The minimum atomic E-state index is 0.00248. The highest BCUT2D eigenvalue weighted by molar-refractivity contribution is 5.91. The van der Waals surface area contributed by atoms with E-state index < -0.39 is 0 Å². The van der Waals surface area contributed by atoms with Crippen molar-refractivity contribution >= 4 is 34.1 Å². The average Bonchev–Trinajstić information content (AvgIpc) is 4.01. The van der Waals surface area contributed by atoms with Gasteiger partial charge in [0.1, 0.15) is 0 Å². The maximum absolute atomic E-state index is 2.53. The van der Waals surface area contributed by atoms with E-state index in [0.717, 1.165) is 11.4 Å². The fourth-order valence-corrected chi connectivity index (χ4v) is 10.4. The summed E-state index contributed by atoms with van der Waals surface area (Å²) in [4.78, 5) is 4.89. The van der Waals surface area contributed by atoms with Gasteiger partial charge in [-0.15, -0.1) is 0 Å². The molecule has 54 heavy (non-hydrogen) atoms. The van der Waals surface area contributed by atoms with Crippen LogP contribution in [0.2, 0.25) is 0 Å². The molecular weight excluding hydrogens is 653 g/mol. The summed E-state index contributed by atoms with van der Waals surface area (Å²) in [6.45, 7) is 0. The Hall–Kier alpha value is -5.86. The molecule has 0 unspecified atom stereocenters. The highest BCUT2D eigenvalue weighted by Gasteiger charge is 2.47. The van der Waals surface area contributed by atoms with E-state index >= 15 is 0 Å². The van der Waals surface area contributed by atoms with E-state index in [9.17, 15) is 0 Å². The van der Waals surface area contributed by atoms with Gasteiger partial charge in [0, 0.05) is 39.3 Å². The summed E-state index contributed by atoms with van der Waals surface area (Å²) in [5.41, 5.74) is 16.0. The Bertz CT molecular complexity index is 2330. The normalized spacial score (nSPS) is 16.2. The van der Waals surface area contributed by atoms with Crippen LogP contribution in [0, 0.1) is 0 Å². The van der Waals surface area contributed by atoms with E-state index in [4.69, 9.17) is 0 Å². The molecule has 0 heterocycles. The third-order valence-electron chi connectivity index (χ3n) is 12.8. The van der Waals surface area contributed by atoms with Crippen molar-refractivity contribution in [2.45, 2.75) is 62.2 Å². The molecule has 0 aliphatic heterocycles. The number of benzene rings is 7. The van der Waals surface area contributed by atoms with Crippen molar-refractivity contribution in [2.75, 3.05) is 9.80 Å². The van der Waals surface area contributed by atoms with Gasteiger partial charge in [0.15, 0.2) is 0 Å². The average molecular weight is 699 g/mol. The third-order valence-corrected chi connectivity index (χ3v) is 12.8. The first-order valence-electron chi connectivity index (χ1n) is 20.0. The molecule has 2 fully saturated rings. The molecule has 3 aliphatic rings. The number of anilines is 6. The van der Waals surface area contributed by atoms with Gasteiger partial charge in [0.2, 0.25) is 0 Å². The Morgan fingerprint density at radius 1 is 0.315 bits per heavy atom. The number of fused-ring (bicyclic) bond motifs is 5.